The molecule has 0 saturated carbocycles. The second-order valence-electron chi connectivity index (χ2n) is 5.17. The molecule has 0 saturated heterocycles. The average molecular weight is 298 g/mol. The van der Waals surface area contributed by atoms with E-state index in [9.17, 15) is 0 Å². The Morgan fingerprint density at radius 3 is 2.00 bits per heavy atom. The summed E-state index contributed by atoms with van der Waals surface area (Å²) in [6.45, 7) is 2.96. The smallest absolute Gasteiger partial charge is 0.0606 e. The molecule has 0 unspecified atom stereocenters. The number of nitrogens with zero attached hydrogens (tertiary/aromatic N) is 1. The molecule has 124 valence electrons. The predicted molar refractivity (Wildman–Crippen MR) is 90.8 cm³/mol. The van der Waals surface area contributed by atoms with Crippen LogP contribution in [0.2, 0.25) is 0 Å². The number of aliphatic hydroxyl groups excluding tert-OH is 1. The molecule has 5 nitrogen and oxygen atoms in total. The summed E-state index contributed by atoms with van der Waals surface area (Å²) in [5.41, 5.74) is 0. The lowest BCUT2D eigenvalue weighted by atomic mass is 10.1. The van der Waals surface area contributed by atoms with E-state index in [1.165, 1.54) is 38.5 Å². The van der Waals surface area contributed by atoms with Gasteiger partial charge in [0.2, 0.25) is 0 Å². The van der Waals surface area contributed by atoms with Gasteiger partial charge in [0, 0.05) is 58.5 Å². The summed E-state index contributed by atoms with van der Waals surface area (Å²) in [7, 11) is 3.86. The first-order valence-corrected chi connectivity index (χ1v) is 8.08. The van der Waals surface area contributed by atoms with E-state index in [1.807, 2.05) is 43.8 Å². The van der Waals surface area contributed by atoms with Crippen molar-refractivity contribution in [3.8, 4) is 0 Å². The minimum absolute atomic E-state index is 0.197. The van der Waals surface area contributed by atoms with Crippen LogP contribution in [0.5, 0.6) is 0 Å². The molecule has 0 aromatic rings. The van der Waals surface area contributed by atoms with Gasteiger partial charge in [-0.05, 0) is 12.8 Å². The molecular weight excluding hydrogens is 264 g/mol. The van der Waals surface area contributed by atoms with Crippen LogP contribution in [0.3, 0.4) is 0 Å². The minimum atomic E-state index is 0.197. The molecule has 0 aliphatic rings. The zero-order chi connectivity index (χ0) is 15.6. The number of aliphatic hydroxyl groups is 1. The Morgan fingerprint density at radius 1 is 0.857 bits per heavy atom. The van der Waals surface area contributed by atoms with Crippen LogP contribution in [0, 0.1) is 0 Å². The molecule has 0 aromatic heterocycles. The summed E-state index contributed by atoms with van der Waals surface area (Å²) in [5.74, 6) is 0. The maximum atomic E-state index is 8.75. The van der Waals surface area contributed by atoms with E-state index in [2.05, 4.69) is 16.0 Å². The van der Waals surface area contributed by atoms with Gasteiger partial charge in [-0.3, -0.25) is 0 Å². The van der Waals surface area contributed by atoms with Gasteiger partial charge in [0.1, 0.15) is 0 Å². The topological polar surface area (TPSA) is 59.6 Å². The minimum Gasteiger partial charge on any atom is -0.395 e. The molecule has 0 rings (SSSR count). The second kappa shape index (κ2) is 16.7. The van der Waals surface area contributed by atoms with Crippen molar-refractivity contribution in [1.29, 1.82) is 0 Å². The quantitative estimate of drug-likeness (QED) is 0.346. The van der Waals surface area contributed by atoms with Crippen LogP contribution in [0.1, 0.15) is 38.5 Å². The van der Waals surface area contributed by atoms with Gasteiger partial charge in [-0.1, -0.05) is 25.7 Å². The van der Waals surface area contributed by atoms with Crippen LogP contribution in [-0.4, -0.2) is 50.3 Å². The number of likely N-dealkylation sites (N-methyl/N-ethyl adjacent to an activating group) is 1. The van der Waals surface area contributed by atoms with E-state index in [0.29, 0.717) is 6.54 Å². The first-order valence-electron chi connectivity index (χ1n) is 8.08. The highest BCUT2D eigenvalue weighted by atomic mass is 16.3. The Labute approximate surface area is 130 Å². The predicted octanol–water partition coefficient (Wildman–Crippen LogP) is 1.59. The van der Waals surface area contributed by atoms with Crippen LogP contribution in [0.25, 0.3) is 0 Å². The van der Waals surface area contributed by atoms with Crippen LogP contribution >= 0.6 is 0 Å². The van der Waals surface area contributed by atoms with Gasteiger partial charge in [0.05, 0.1) is 6.61 Å². The van der Waals surface area contributed by atoms with Gasteiger partial charge in [-0.15, -0.1) is 0 Å². The third kappa shape index (κ3) is 16.6. The molecule has 0 aromatic carbocycles. The van der Waals surface area contributed by atoms with Crippen LogP contribution in [0.15, 0.2) is 24.8 Å². The van der Waals surface area contributed by atoms with Gasteiger partial charge in [-0.25, -0.2) is 0 Å². The maximum Gasteiger partial charge on any atom is 0.0606 e. The fourth-order valence-electron chi connectivity index (χ4n) is 1.88. The normalized spacial score (nSPS) is 11.2. The molecule has 0 fully saturated rings. The van der Waals surface area contributed by atoms with Crippen molar-refractivity contribution in [1.82, 2.24) is 20.9 Å². The van der Waals surface area contributed by atoms with Gasteiger partial charge >= 0.3 is 0 Å². The molecule has 0 spiro atoms. The highest BCUT2D eigenvalue weighted by Crippen LogP contribution is 2.04. The number of nitrogens with one attached hydrogen (secondary N) is 3. The first-order chi connectivity index (χ1) is 10.3. The summed E-state index contributed by atoms with van der Waals surface area (Å²) in [5, 5.41) is 18.2. The van der Waals surface area contributed by atoms with Gasteiger partial charge in [-0.2, -0.15) is 0 Å². The Kier molecular flexibility index (Phi) is 15.6. The van der Waals surface area contributed by atoms with Crippen molar-refractivity contribution >= 4 is 0 Å². The van der Waals surface area contributed by atoms with E-state index in [4.69, 9.17) is 5.11 Å². The Bertz CT molecular complexity index is 257. The van der Waals surface area contributed by atoms with E-state index >= 15 is 0 Å². The van der Waals surface area contributed by atoms with Crippen LogP contribution < -0.4 is 16.0 Å². The lowest BCUT2D eigenvalue weighted by Crippen LogP contribution is -2.17. The molecule has 0 aliphatic carbocycles. The van der Waals surface area contributed by atoms with Crippen LogP contribution in [0.4, 0.5) is 0 Å². The molecule has 4 N–H and O–H groups in total. The maximum absolute atomic E-state index is 8.75. The van der Waals surface area contributed by atoms with Crippen molar-refractivity contribution in [3.63, 3.8) is 0 Å². The molecule has 0 bridgehead atoms. The lowest BCUT2D eigenvalue weighted by molar-refractivity contribution is 0.254. The Morgan fingerprint density at radius 2 is 1.43 bits per heavy atom. The fraction of sp³-hybridized carbons (Fsp3) is 0.750. The summed E-state index contributed by atoms with van der Waals surface area (Å²) >= 11 is 0. The molecular formula is C16H34N4O. The summed E-state index contributed by atoms with van der Waals surface area (Å²) in [4.78, 5) is 1.97. The van der Waals surface area contributed by atoms with E-state index in [-0.39, 0.29) is 6.61 Å². The molecule has 0 amide bonds. The van der Waals surface area contributed by atoms with Gasteiger partial charge in [0.25, 0.3) is 0 Å². The van der Waals surface area contributed by atoms with Crippen molar-refractivity contribution in [2.75, 3.05) is 40.3 Å². The molecule has 5 heteroatoms. The summed E-state index contributed by atoms with van der Waals surface area (Å²) < 4.78 is 0. The molecule has 21 heavy (non-hydrogen) atoms. The average Bonchev–Trinajstić information content (AvgIpc) is 2.48. The zero-order valence-electron chi connectivity index (χ0n) is 13.8. The third-order valence-electron chi connectivity index (χ3n) is 3.16. The lowest BCUT2D eigenvalue weighted by Gasteiger charge is -2.11. The monoisotopic (exact) mass is 298 g/mol. The molecule has 0 radical (unpaired) electrons. The molecule has 0 atom stereocenters. The fourth-order valence-corrected chi connectivity index (χ4v) is 1.88. The van der Waals surface area contributed by atoms with Gasteiger partial charge < -0.3 is 26.0 Å². The first kappa shape index (κ1) is 19.6. The Hall–Kier alpha value is -1.36. The summed E-state index contributed by atoms with van der Waals surface area (Å²) in [6.07, 6.45) is 15.5. The molecule has 0 aliphatic heterocycles. The Balaban J connectivity index is 3.14. The van der Waals surface area contributed by atoms with E-state index in [0.717, 1.165) is 13.1 Å². The van der Waals surface area contributed by atoms with E-state index < -0.39 is 0 Å². The van der Waals surface area contributed by atoms with Crippen molar-refractivity contribution in [2.45, 2.75) is 38.5 Å². The largest absolute Gasteiger partial charge is 0.395 e. The third-order valence-corrected chi connectivity index (χ3v) is 3.16. The van der Waals surface area contributed by atoms with Crippen molar-refractivity contribution in [2.24, 2.45) is 0 Å². The van der Waals surface area contributed by atoms with Crippen LogP contribution in [-0.2, 0) is 0 Å². The SMILES string of the molecule is CN/C=C\NCCCCCCCCN/C=C\N(C)CCO. The standard InChI is InChI=1S/C16H34N4O/c1-17-11-12-18-9-7-5-3-4-6-8-10-19-13-14-20(2)15-16-21/h11-14,17-19,21H,3-10,15-16H2,1-2H3/b12-11-,14-13-. The number of unbranched alkanes of at least 4 members (excludes halogenated alkanes) is 5. The highest BCUT2D eigenvalue weighted by molar-refractivity contribution is 4.78. The number of hydrogen-bond acceptors (Lipinski definition) is 5. The van der Waals surface area contributed by atoms with Crippen molar-refractivity contribution in [3.05, 3.63) is 24.8 Å². The molecule has 0 heterocycles. The number of hydrogen-bond donors (Lipinski definition) is 4. The van der Waals surface area contributed by atoms with E-state index in [1.54, 1.807) is 0 Å². The van der Waals surface area contributed by atoms with Crippen molar-refractivity contribution < 1.29 is 5.11 Å². The van der Waals surface area contributed by atoms with Gasteiger partial charge in [0.15, 0.2) is 0 Å². The second-order valence-corrected chi connectivity index (χ2v) is 5.17. The number of rotatable bonds is 15. The summed E-state index contributed by atoms with van der Waals surface area (Å²) in [6, 6.07) is 0. The highest BCUT2D eigenvalue weighted by Gasteiger charge is 1.91. The zero-order valence-corrected chi connectivity index (χ0v) is 13.8.